The topological polar surface area (TPSA) is 95.3 Å². The Hall–Kier alpha value is -2.27. The molecule has 1 aromatic carbocycles. The molecule has 8 nitrogen and oxygen atoms in total. The number of aryl methyl sites for hydroxylation is 1. The van der Waals surface area contributed by atoms with Crippen molar-refractivity contribution in [3.8, 4) is 5.75 Å². The average molecular weight is 570 g/mol. The highest BCUT2D eigenvalue weighted by atomic mass is 35.5. The van der Waals surface area contributed by atoms with Crippen molar-refractivity contribution in [1.29, 1.82) is 0 Å². The number of carbonyl (C=O) groups is 2. The van der Waals surface area contributed by atoms with E-state index in [9.17, 15) is 9.59 Å². The summed E-state index contributed by atoms with van der Waals surface area (Å²) in [4.78, 5) is 26.4. The number of rotatable bonds is 9. The third kappa shape index (κ3) is 5.82. The summed E-state index contributed by atoms with van der Waals surface area (Å²) < 4.78 is 12.9. The molecule has 192 valence electrons. The lowest BCUT2D eigenvalue weighted by Crippen LogP contribution is -2.17. The van der Waals surface area contributed by atoms with E-state index >= 15 is 0 Å². The van der Waals surface area contributed by atoms with Gasteiger partial charge in [0.15, 0.2) is 17.1 Å². The maximum absolute atomic E-state index is 12.8. The van der Waals surface area contributed by atoms with Crippen molar-refractivity contribution in [1.82, 2.24) is 14.8 Å². The lowest BCUT2D eigenvalue weighted by atomic mass is 9.95. The molecular formula is C24H26Cl2N4O4S2. The molecule has 1 atom stereocenters. The SMILES string of the molecule is CCn1c(SCC(=O)Nc2sc3c(c2C(=O)OC)CCCC3)nnc1C(C)Oc1cc(Cl)ccc1Cl. The summed E-state index contributed by atoms with van der Waals surface area (Å²) >= 11 is 15.0. The standard InChI is InChI=1S/C24H26Cl2N4O4S2/c1-4-30-21(13(2)34-17-11-14(25)9-10-16(17)26)28-29-24(30)35-12-19(31)27-22-20(23(32)33-3)15-7-5-6-8-18(15)36-22/h9-11,13H,4-8,12H2,1-3H3,(H,27,31). The third-order valence-electron chi connectivity index (χ3n) is 5.77. The van der Waals surface area contributed by atoms with Gasteiger partial charge in [0.25, 0.3) is 0 Å². The Labute approximate surface area is 227 Å². The van der Waals surface area contributed by atoms with Crippen molar-refractivity contribution >= 4 is 63.2 Å². The lowest BCUT2D eigenvalue weighted by Gasteiger charge is -2.16. The minimum atomic E-state index is -0.448. The number of hydrogen-bond donors (Lipinski definition) is 1. The number of benzene rings is 1. The molecule has 0 saturated carbocycles. The number of anilines is 1. The maximum atomic E-state index is 12.8. The van der Waals surface area contributed by atoms with Crippen molar-refractivity contribution in [2.24, 2.45) is 0 Å². The van der Waals surface area contributed by atoms with E-state index in [1.165, 1.54) is 30.2 Å². The Morgan fingerprint density at radius 1 is 1.25 bits per heavy atom. The van der Waals surface area contributed by atoms with Gasteiger partial charge in [-0.05, 0) is 57.2 Å². The quantitative estimate of drug-likeness (QED) is 0.242. The normalized spacial score (nSPS) is 13.7. The van der Waals surface area contributed by atoms with Crippen LogP contribution in [0.4, 0.5) is 5.00 Å². The number of nitrogens with zero attached hydrogens (tertiary/aromatic N) is 3. The van der Waals surface area contributed by atoms with Gasteiger partial charge in [-0.15, -0.1) is 21.5 Å². The zero-order valence-electron chi connectivity index (χ0n) is 20.1. The maximum Gasteiger partial charge on any atom is 0.341 e. The monoisotopic (exact) mass is 568 g/mol. The van der Waals surface area contributed by atoms with E-state index in [0.29, 0.717) is 43.9 Å². The van der Waals surface area contributed by atoms with Gasteiger partial charge in [-0.1, -0.05) is 35.0 Å². The first kappa shape index (κ1) is 26.8. The number of hydrogen-bond acceptors (Lipinski definition) is 8. The molecule has 0 aliphatic heterocycles. The molecule has 1 aliphatic rings. The van der Waals surface area contributed by atoms with Crippen LogP contribution in [-0.4, -0.2) is 39.5 Å². The van der Waals surface area contributed by atoms with Crippen molar-refractivity contribution in [3.63, 3.8) is 0 Å². The van der Waals surface area contributed by atoms with Gasteiger partial charge in [0.2, 0.25) is 5.91 Å². The first-order valence-electron chi connectivity index (χ1n) is 11.5. The van der Waals surface area contributed by atoms with Crippen LogP contribution in [0.25, 0.3) is 0 Å². The average Bonchev–Trinajstić information content (AvgIpc) is 3.45. The van der Waals surface area contributed by atoms with Crippen LogP contribution in [0.3, 0.4) is 0 Å². The third-order valence-corrected chi connectivity index (χ3v) is 8.49. The van der Waals surface area contributed by atoms with E-state index in [0.717, 1.165) is 36.1 Å². The zero-order chi connectivity index (χ0) is 25.8. The minimum Gasteiger partial charge on any atom is -0.481 e. The second kappa shape index (κ2) is 11.9. The predicted molar refractivity (Wildman–Crippen MR) is 143 cm³/mol. The number of thioether (sulfide) groups is 1. The molecule has 4 rings (SSSR count). The Morgan fingerprint density at radius 3 is 2.78 bits per heavy atom. The Bertz CT molecular complexity index is 1280. The van der Waals surface area contributed by atoms with E-state index in [4.69, 9.17) is 32.7 Å². The molecule has 1 unspecified atom stereocenters. The van der Waals surface area contributed by atoms with Gasteiger partial charge in [0.05, 0.1) is 23.4 Å². The second-order valence-electron chi connectivity index (χ2n) is 8.16. The van der Waals surface area contributed by atoms with Gasteiger partial charge in [0.1, 0.15) is 10.8 Å². The fourth-order valence-electron chi connectivity index (χ4n) is 4.08. The summed E-state index contributed by atoms with van der Waals surface area (Å²) in [6.07, 6.45) is 3.40. The number of fused-ring (bicyclic) bond motifs is 1. The van der Waals surface area contributed by atoms with Crippen LogP contribution < -0.4 is 10.1 Å². The highest BCUT2D eigenvalue weighted by Crippen LogP contribution is 2.39. The molecule has 1 N–H and O–H groups in total. The molecule has 0 fully saturated rings. The number of nitrogens with one attached hydrogen (secondary N) is 1. The summed E-state index contributed by atoms with van der Waals surface area (Å²) in [5.74, 6) is 0.523. The molecule has 0 radical (unpaired) electrons. The van der Waals surface area contributed by atoms with Crippen LogP contribution in [0.1, 0.15) is 59.4 Å². The summed E-state index contributed by atoms with van der Waals surface area (Å²) in [5, 5.41) is 13.6. The number of aromatic nitrogens is 3. The van der Waals surface area contributed by atoms with Gasteiger partial charge in [-0.25, -0.2) is 4.79 Å². The Kier molecular flexibility index (Phi) is 8.82. The molecule has 0 spiro atoms. The Balaban J connectivity index is 1.44. The number of amides is 1. The summed E-state index contributed by atoms with van der Waals surface area (Å²) in [7, 11) is 1.36. The van der Waals surface area contributed by atoms with E-state index in [1.807, 2.05) is 18.4 Å². The van der Waals surface area contributed by atoms with Crippen LogP contribution in [0, 0.1) is 0 Å². The first-order chi connectivity index (χ1) is 17.3. The van der Waals surface area contributed by atoms with Gasteiger partial charge >= 0.3 is 5.97 Å². The molecule has 12 heteroatoms. The zero-order valence-corrected chi connectivity index (χ0v) is 23.2. The van der Waals surface area contributed by atoms with Crippen molar-refractivity contribution in [2.75, 3.05) is 18.2 Å². The van der Waals surface area contributed by atoms with Crippen LogP contribution in [-0.2, 0) is 28.9 Å². The van der Waals surface area contributed by atoms with Gasteiger partial charge in [-0.3, -0.25) is 4.79 Å². The van der Waals surface area contributed by atoms with Gasteiger partial charge < -0.3 is 19.4 Å². The van der Waals surface area contributed by atoms with Crippen LogP contribution in [0.15, 0.2) is 23.4 Å². The lowest BCUT2D eigenvalue weighted by molar-refractivity contribution is -0.113. The molecule has 1 amide bonds. The van der Waals surface area contributed by atoms with Crippen LogP contribution in [0.5, 0.6) is 5.75 Å². The highest BCUT2D eigenvalue weighted by Gasteiger charge is 2.27. The van der Waals surface area contributed by atoms with Crippen molar-refractivity contribution in [2.45, 2.75) is 57.3 Å². The number of ether oxygens (including phenoxy) is 2. The molecule has 3 aromatic rings. The molecule has 0 bridgehead atoms. The fraction of sp³-hybridized carbons (Fsp3) is 0.417. The second-order valence-corrected chi connectivity index (χ2v) is 11.1. The summed E-state index contributed by atoms with van der Waals surface area (Å²) in [5.41, 5.74) is 1.49. The molecule has 2 heterocycles. The van der Waals surface area contributed by atoms with Crippen LogP contribution >= 0.6 is 46.3 Å². The summed E-state index contributed by atoms with van der Waals surface area (Å²) in [6.45, 7) is 4.41. The molecule has 1 aliphatic carbocycles. The van der Waals surface area contributed by atoms with Crippen molar-refractivity contribution in [3.05, 3.63) is 50.1 Å². The van der Waals surface area contributed by atoms with E-state index in [1.54, 1.807) is 18.2 Å². The minimum absolute atomic E-state index is 0.108. The van der Waals surface area contributed by atoms with E-state index < -0.39 is 12.1 Å². The van der Waals surface area contributed by atoms with Crippen LogP contribution in [0.2, 0.25) is 10.0 Å². The largest absolute Gasteiger partial charge is 0.481 e. The van der Waals surface area contributed by atoms with E-state index in [2.05, 4.69) is 15.5 Å². The number of halogens is 2. The molecular weight excluding hydrogens is 543 g/mol. The van der Waals surface area contributed by atoms with E-state index in [-0.39, 0.29) is 11.7 Å². The Morgan fingerprint density at radius 2 is 2.03 bits per heavy atom. The molecule has 0 saturated heterocycles. The number of carbonyl (C=O) groups excluding carboxylic acids is 2. The summed E-state index contributed by atoms with van der Waals surface area (Å²) in [6, 6.07) is 5.01. The van der Waals surface area contributed by atoms with Gasteiger partial charge in [0, 0.05) is 22.5 Å². The first-order valence-corrected chi connectivity index (χ1v) is 14.1. The van der Waals surface area contributed by atoms with Gasteiger partial charge in [-0.2, -0.15) is 0 Å². The van der Waals surface area contributed by atoms with Crippen molar-refractivity contribution < 1.29 is 19.1 Å². The molecule has 2 aromatic heterocycles. The molecule has 36 heavy (non-hydrogen) atoms. The predicted octanol–water partition coefficient (Wildman–Crippen LogP) is 6.20. The fourth-order valence-corrected chi connectivity index (χ4v) is 6.51. The highest BCUT2D eigenvalue weighted by molar-refractivity contribution is 7.99. The number of esters is 1. The number of thiophene rings is 1. The smallest absolute Gasteiger partial charge is 0.341 e. The number of methoxy groups -OCH3 is 1.